The first kappa shape index (κ1) is 11.9. The van der Waals surface area contributed by atoms with E-state index < -0.39 is 0 Å². The number of ether oxygens (including phenoxy) is 1. The number of carbonyl (C=O) groups is 1. The van der Waals surface area contributed by atoms with Gasteiger partial charge in [-0.2, -0.15) is 0 Å². The maximum Gasteiger partial charge on any atom is 0.410 e. The Labute approximate surface area is 101 Å². The molecule has 92 valence electrons. The van der Waals surface area contributed by atoms with Gasteiger partial charge in [0.05, 0.1) is 6.54 Å². The highest BCUT2D eigenvalue weighted by atomic mass is 16.6. The lowest BCUT2D eigenvalue weighted by Gasteiger charge is -2.12. The molecule has 2 rings (SSSR count). The van der Waals surface area contributed by atoms with Gasteiger partial charge in [-0.1, -0.05) is 30.3 Å². The lowest BCUT2D eigenvalue weighted by atomic mass is 10.1. The van der Waals surface area contributed by atoms with Crippen molar-refractivity contribution in [3.8, 4) is 0 Å². The number of benzene rings is 1. The Kier molecular flexibility index (Phi) is 3.98. The van der Waals surface area contributed by atoms with Crippen molar-refractivity contribution in [2.24, 2.45) is 5.73 Å². The third kappa shape index (κ3) is 3.20. The van der Waals surface area contributed by atoms with E-state index in [9.17, 15) is 4.79 Å². The summed E-state index contributed by atoms with van der Waals surface area (Å²) in [5.74, 6) is 0. The van der Waals surface area contributed by atoms with E-state index in [0.717, 1.165) is 12.8 Å². The van der Waals surface area contributed by atoms with Crippen LogP contribution in [0.4, 0.5) is 4.79 Å². The molecule has 17 heavy (non-hydrogen) atoms. The van der Waals surface area contributed by atoms with Gasteiger partial charge in [0.25, 0.3) is 0 Å². The number of hydrogen-bond donors (Lipinski definition) is 1. The van der Waals surface area contributed by atoms with Gasteiger partial charge >= 0.3 is 6.09 Å². The van der Waals surface area contributed by atoms with Crippen molar-refractivity contribution in [3.63, 3.8) is 0 Å². The number of amides is 1. The number of cyclic esters (lactones) is 1. The molecule has 0 aromatic heterocycles. The van der Waals surface area contributed by atoms with E-state index >= 15 is 0 Å². The van der Waals surface area contributed by atoms with Crippen molar-refractivity contribution in [1.29, 1.82) is 0 Å². The Hall–Kier alpha value is -1.55. The van der Waals surface area contributed by atoms with Crippen molar-refractivity contribution in [2.45, 2.75) is 18.9 Å². The zero-order chi connectivity index (χ0) is 12.1. The summed E-state index contributed by atoms with van der Waals surface area (Å²) in [7, 11) is 0. The number of carbonyl (C=O) groups excluding carboxylic acids is 1. The first-order valence-corrected chi connectivity index (χ1v) is 5.99. The fourth-order valence-electron chi connectivity index (χ4n) is 2.00. The van der Waals surface area contributed by atoms with E-state index in [0.29, 0.717) is 19.6 Å². The normalized spacial score (nSPS) is 19.5. The minimum Gasteiger partial charge on any atom is -0.444 e. The van der Waals surface area contributed by atoms with Gasteiger partial charge in [0.2, 0.25) is 0 Å². The van der Waals surface area contributed by atoms with Crippen LogP contribution in [0, 0.1) is 0 Å². The molecule has 0 saturated carbocycles. The molecule has 0 spiro atoms. The van der Waals surface area contributed by atoms with E-state index in [1.54, 1.807) is 4.90 Å². The third-order valence-electron chi connectivity index (χ3n) is 2.95. The number of hydrogen-bond acceptors (Lipinski definition) is 3. The second kappa shape index (κ2) is 5.68. The largest absolute Gasteiger partial charge is 0.444 e. The molecule has 1 aliphatic rings. The van der Waals surface area contributed by atoms with Crippen molar-refractivity contribution in [2.75, 3.05) is 19.6 Å². The summed E-state index contributed by atoms with van der Waals surface area (Å²) in [5, 5.41) is 0. The van der Waals surface area contributed by atoms with Crippen LogP contribution < -0.4 is 5.73 Å². The van der Waals surface area contributed by atoms with Crippen LogP contribution in [-0.2, 0) is 11.2 Å². The highest BCUT2D eigenvalue weighted by Gasteiger charge is 2.29. The number of nitrogens with two attached hydrogens (primary N) is 1. The molecule has 4 heteroatoms. The maximum atomic E-state index is 11.5. The highest BCUT2D eigenvalue weighted by molar-refractivity contribution is 5.69. The first-order chi connectivity index (χ1) is 8.29. The Morgan fingerprint density at radius 2 is 2.12 bits per heavy atom. The lowest BCUT2D eigenvalue weighted by Crippen LogP contribution is -2.27. The molecule has 0 radical (unpaired) electrons. The second-order valence-electron chi connectivity index (χ2n) is 4.26. The van der Waals surface area contributed by atoms with E-state index in [1.807, 2.05) is 18.2 Å². The molecule has 1 atom stereocenters. The van der Waals surface area contributed by atoms with Gasteiger partial charge in [-0.15, -0.1) is 0 Å². The Balaban J connectivity index is 1.82. The summed E-state index contributed by atoms with van der Waals surface area (Å²) < 4.78 is 5.21. The molecule has 1 saturated heterocycles. The van der Waals surface area contributed by atoms with Crippen molar-refractivity contribution >= 4 is 6.09 Å². The average molecular weight is 234 g/mol. The Morgan fingerprint density at radius 1 is 1.35 bits per heavy atom. The second-order valence-corrected chi connectivity index (χ2v) is 4.26. The molecule has 4 nitrogen and oxygen atoms in total. The molecule has 2 N–H and O–H groups in total. The van der Waals surface area contributed by atoms with Gasteiger partial charge in [-0.3, -0.25) is 0 Å². The Morgan fingerprint density at radius 3 is 2.82 bits per heavy atom. The van der Waals surface area contributed by atoms with Crippen LogP contribution in [0.3, 0.4) is 0 Å². The standard InChI is InChI=1S/C13H18N2O2/c14-8-6-12-10-15(13(16)17-12)9-7-11-4-2-1-3-5-11/h1-5,12H,6-10,14H2. The summed E-state index contributed by atoms with van der Waals surface area (Å²) >= 11 is 0. The van der Waals surface area contributed by atoms with Crippen LogP contribution in [0.25, 0.3) is 0 Å². The molecule has 1 aromatic rings. The van der Waals surface area contributed by atoms with Crippen LogP contribution >= 0.6 is 0 Å². The number of nitrogens with zero attached hydrogens (tertiary/aromatic N) is 1. The molecule has 1 fully saturated rings. The monoisotopic (exact) mass is 234 g/mol. The summed E-state index contributed by atoms with van der Waals surface area (Å²) in [4.78, 5) is 13.3. The van der Waals surface area contributed by atoms with E-state index in [2.05, 4.69) is 12.1 Å². The third-order valence-corrected chi connectivity index (χ3v) is 2.95. The van der Waals surface area contributed by atoms with Crippen molar-refractivity contribution < 1.29 is 9.53 Å². The van der Waals surface area contributed by atoms with Gasteiger partial charge in [0.1, 0.15) is 6.10 Å². The predicted octanol–water partition coefficient (Wildman–Crippen LogP) is 1.40. The molecule has 1 unspecified atom stereocenters. The van der Waals surface area contributed by atoms with E-state index in [4.69, 9.17) is 10.5 Å². The summed E-state index contributed by atoms with van der Waals surface area (Å²) in [6.07, 6.45) is 1.38. The summed E-state index contributed by atoms with van der Waals surface area (Å²) in [5.41, 5.74) is 6.69. The predicted molar refractivity (Wildman–Crippen MR) is 65.7 cm³/mol. The lowest BCUT2D eigenvalue weighted by molar-refractivity contribution is 0.130. The van der Waals surface area contributed by atoms with Crippen LogP contribution in [0.5, 0.6) is 0 Å². The quantitative estimate of drug-likeness (QED) is 0.837. The zero-order valence-electron chi connectivity index (χ0n) is 9.84. The highest BCUT2D eigenvalue weighted by Crippen LogP contribution is 2.14. The molecule has 1 amide bonds. The number of rotatable bonds is 5. The van der Waals surface area contributed by atoms with Gasteiger partial charge in [0.15, 0.2) is 0 Å². The van der Waals surface area contributed by atoms with Gasteiger partial charge in [-0.25, -0.2) is 4.79 Å². The molecular formula is C13H18N2O2. The fourth-order valence-corrected chi connectivity index (χ4v) is 2.00. The van der Waals surface area contributed by atoms with Crippen LogP contribution in [-0.4, -0.2) is 36.7 Å². The summed E-state index contributed by atoms with van der Waals surface area (Å²) in [6, 6.07) is 10.1. The first-order valence-electron chi connectivity index (χ1n) is 5.99. The van der Waals surface area contributed by atoms with E-state index in [-0.39, 0.29) is 12.2 Å². The SMILES string of the molecule is NCCC1CN(CCc2ccccc2)C(=O)O1. The molecule has 1 aromatic carbocycles. The van der Waals surface area contributed by atoms with Crippen LogP contribution in [0.15, 0.2) is 30.3 Å². The fraction of sp³-hybridized carbons (Fsp3) is 0.462. The maximum absolute atomic E-state index is 11.5. The van der Waals surface area contributed by atoms with Crippen LogP contribution in [0.1, 0.15) is 12.0 Å². The van der Waals surface area contributed by atoms with Gasteiger partial charge in [0, 0.05) is 6.54 Å². The van der Waals surface area contributed by atoms with E-state index in [1.165, 1.54) is 5.56 Å². The topological polar surface area (TPSA) is 55.6 Å². The van der Waals surface area contributed by atoms with Gasteiger partial charge < -0.3 is 15.4 Å². The van der Waals surface area contributed by atoms with Gasteiger partial charge in [-0.05, 0) is 24.9 Å². The molecule has 0 bridgehead atoms. The zero-order valence-corrected chi connectivity index (χ0v) is 9.84. The molecule has 1 aliphatic heterocycles. The minimum absolute atomic E-state index is 0.0247. The van der Waals surface area contributed by atoms with Crippen LogP contribution in [0.2, 0.25) is 0 Å². The minimum atomic E-state index is -0.209. The average Bonchev–Trinajstić information content (AvgIpc) is 2.69. The van der Waals surface area contributed by atoms with Crippen molar-refractivity contribution in [3.05, 3.63) is 35.9 Å². The smallest absolute Gasteiger partial charge is 0.410 e. The molecular weight excluding hydrogens is 216 g/mol. The summed E-state index contributed by atoms with van der Waals surface area (Å²) in [6.45, 7) is 1.94. The van der Waals surface area contributed by atoms with Crippen molar-refractivity contribution in [1.82, 2.24) is 4.90 Å². The molecule has 0 aliphatic carbocycles. The Bertz CT molecular complexity index is 367. The molecule has 1 heterocycles.